The minimum atomic E-state index is -4.19. The Morgan fingerprint density at radius 1 is 0.435 bits per heavy atom. The van der Waals surface area contributed by atoms with Gasteiger partial charge in [-0.05, 0) is 91.0 Å². The summed E-state index contributed by atoms with van der Waals surface area (Å²) in [6.07, 6.45) is 8.66. The number of esters is 4. The van der Waals surface area contributed by atoms with E-state index in [1.807, 2.05) is 31.6 Å². The van der Waals surface area contributed by atoms with Crippen LogP contribution < -0.4 is 0 Å². The molecule has 0 radical (unpaired) electrons. The Bertz CT molecular complexity index is 1450. The molecule has 0 aromatic heterocycles. The van der Waals surface area contributed by atoms with Crippen molar-refractivity contribution in [3.05, 3.63) is 48.6 Å². The van der Waals surface area contributed by atoms with Gasteiger partial charge in [0.2, 0.25) is 0 Å². The highest BCUT2D eigenvalue weighted by atomic mass is 32.2. The quantitative estimate of drug-likeness (QED) is 0.0144. The van der Waals surface area contributed by atoms with E-state index >= 15 is 0 Å². The third-order valence-electron chi connectivity index (χ3n) is 7.96. The molecule has 0 aliphatic rings. The zero-order valence-electron chi connectivity index (χ0n) is 38.3. The molecule has 0 saturated heterocycles. The second-order valence-electron chi connectivity index (χ2n) is 14.0. The van der Waals surface area contributed by atoms with Crippen LogP contribution in [0.2, 0.25) is 30.7 Å². The van der Waals surface area contributed by atoms with Crippen LogP contribution in [0, 0.1) is 0 Å². The molecule has 0 aliphatic carbocycles. The molecule has 0 aliphatic heterocycles. The Hall–Kier alpha value is -1.21. The summed E-state index contributed by atoms with van der Waals surface area (Å²) in [5, 5.41) is 0. The van der Waals surface area contributed by atoms with Crippen molar-refractivity contribution in [1.82, 2.24) is 0 Å². The molecule has 24 heteroatoms. The second-order valence-corrected chi connectivity index (χ2v) is 29.6. The Kier molecular flexibility index (Phi) is 32.6. The molecule has 4 atom stereocenters. The third kappa shape index (κ3) is 25.5. The lowest BCUT2D eigenvalue weighted by Gasteiger charge is -2.44. The zero-order chi connectivity index (χ0) is 47.2. The topological polar surface area (TPSA) is 179 Å². The van der Waals surface area contributed by atoms with Gasteiger partial charge in [-0.15, -0.1) is 47.0 Å². The van der Waals surface area contributed by atoms with E-state index < -0.39 is 58.9 Å². The number of ether oxygens (including phenoxy) is 4. The summed E-state index contributed by atoms with van der Waals surface area (Å²) in [4.78, 5) is 49.4. The molecule has 4 unspecified atom stereocenters. The lowest BCUT2D eigenvalue weighted by Crippen LogP contribution is -2.66. The van der Waals surface area contributed by atoms with Gasteiger partial charge in [-0.3, -0.25) is 0 Å². The van der Waals surface area contributed by atoms with Crippen molar-refractivity contribution in [2.75, 3.05) is 82.3 Å². The highest BCUT2D eigenvalue weighted by molar-refractivity contribution is 7.99. The van der Waals surface area contributed by atoms with Crippen molar-refractivity contribution < 1.29 is 72.6 Å². The summed E-state index contributed by atoms with van der Waals surface area (Å²) in [6, 6.07) is 0.789. The van der Waals surface area contributed by atoms with Gasteiger partial charge in [0.25, 0.3) is 0 Å². The van der Waals surface area contributed by atoms with Gasteiger partial charge >= 0.3 is 58.9 Å². The summed E-state index contributed by atoms with van der Waals surface area (Å²) in [7, 11) is -14.0. The van der Waals surface area contributed by atoms with E-state index in [1.165, 1.54) is 54.2 Å². The van der Waals surface area contributed by atoms with Crippen LogP contribution in [0.25, 0.3) is 0 Å². The van der Waals surface area contributed by atoms with Crippen LogP contribution in [-0.4, -0.2) is 141 Å². The molecule has 0 aromatic rings. The first-order valence-corrected chi connectivity index (χ1v) is 33.6. The van der Waals surface area contributed by atoms with Gasteiger partial charge in [-0.2, -0.15) is 0 Å². The van der Waals surface area contributed by atoms with Crippen molar-refractivity contribution in [3.63, 3.8) is 0 Å². The van der Waals surface area contributed by atoms with Gasteiger partial charge in [0.1, 0.15) is 0 Å². The lowest BCUT2D eigenvalue weighted by atomic mass is 10.4. The Morgan fingerprint density at radius 3 is 1.03 bits per heavy atom. The van der Waals surface area contributed by atoms with Crippen molar-refractivity contribution in [2.24, 2.45) is 0 Å². The molecule has 0 aromatic carbocycles. The van der Waals surface area contributed by atoms with Crippen LogP contribution in [0.4, 0.5) is 0 Å². The smallest absolute Gasteiger partial charge is 0.462 e. The highest BCUT2D eigenvalue weighted by Gasteiger charge is 2.61. The van der Waals surface area contributed by atoms with Crippen LogP contribution >= 0.6 is 47.0 Å². The molecule has 0 rings (SSSR count). The minimum Gasteiger partial charge on any atom is -0.462 e. The normalized spacial score (nSPS) is 15.2. The number of hydrogen-bond acceptors (Lipinski definition) is 20. The molecule has 62 heavy (non-hydrogen) atoms. The molecule has 0 bridgehead atoms. The largest absolute Gasteiger partial charge is 0.494 e. The molecule has 0 amide bonds. The average molecular weight is 1020 g/mol. The van der Waals surface area contributed by atoms with Crippen molar-refractivity contribution in [3.8, 4) is 0 Å². The van der Waals surface area contributed by atoms with E-state index in [9.17, 15) is 19.2 Å². The maximum absolute atomic E-state index is 12.5. The Balaban J connectivity index is 7.73. The SMILES string of the molecule is C=C(C)C(=O)OCCC[Si](C)(OCSC)O[Si](CCCOC(=O)C(=C)C)(OCSC)O[Si](CCCOC(=O)C(=C)C)(OCSC)O[Si](CCCOC(=O)C(=C)C)(OC)OCSC. The summed E-state index contributed by atoms with van der Waals surface area (Å²) >= 11 is 5.66. The number of rotatable bonds is 39. The Labute approximate surface area is 391 Å². The van der Waals surface area contributed by atoms with E-state index in [2.05, 4.69) is 26.3 Å². The van der Waals surface area contributed by atoms with Gasteiger partial charge in [0, 0.05) is 47.5 Å². The summed E-state index contributed by atoms with van der Waals surface area (Å²) in [5.41, 5.74) is 1.03. The van der Waals surface area contributed by atoms with E-state index in [0.29, 0.717) is 18.9 Å². The number of carbonyl (C=O) groups excluding carboxylic acids is 4. The summed E-state index contributed by atoms with van der Waals surface area (Å²) in [6.45, 7) is 22.9. The van der Waals surface area contributed by atoms with Crippen LogP contribution in [0.15, 0.2) is 48.6 Å². The van der Waals surface area contributed by atoms with Crippen LogP contribution in [0.5, 0.6) is 0 Å². The van der Waals surface area contributed by atoms with Crippen LogP contribution in [-0.2, 0) is 72.6 Å². The molecule has 358 valence electrons. The third-order valence-corrected chi connectivity index (χ3v) is 25.4. The molecule has 0 saturated carbocycles. The van der Waals surface area contributed by atoms with E-state index in [0.717, 1.165) is 0 Å². The van der Waals surface area contributed by atoms with Gasteiger partial charge in [0.15, 0.2) is 0 Å². The standard InChI is InChI=1S/C38H70O16S4Si4/c1-31(2)35(39)44-19-15-23-59(14,48-27-55-10)52-61(50-29-57-12,25-17-21-46-37(41)33(5)6)54-62(51-30-58-13,26-18-22-47-38(42)34(7)8)53-60(43-9,49-28-56-11)24-16-20-45-36(40)32(3)4/h1,3,5,7,15-30H2,2,4,6,8-14H3. The van der Waals surface area contributed by atoms with E-state index in [-0.39, 0.29) is 103 Å². The lowest BCUT2D eigenvalue weighted by molar-refractivity contribution is -0.139. The molecular weight excluding hydrogens is 953 g/mol. The monoisotopic (exact) mass is 1020 g/mol. The molecular formula is C38H70O16S4Si4. The predicted octanol–water partition coefficient (Wildman–Crippen LogP) is 7.96. The van der Waals surface area contributed by atoms with Crippen LogP contribution in [0.1, 0.15) is 53.4 Å². The maximum atomic E-state index is 12.5. The van der Waals surface area contributed by atoms with Gasteiger partial charge in [0.05, 0.1) is 50.2 Å². The van der Waals surface area contributed by atoms with Gasteiger partial charge < -0.3 is 53.4 Å². The fourth-order valence-corrected chi connectivity index (χ4v) is 25.0. The van der Waals surface area contributed by atoms with Crippen molar-refractivity contribution in [1.29, 1.82) is 0 Å². The minimum absolute atomic E-state index is 0.00891. The van der Waals surface area contributed by atoms with E-state index in [1.54, 1.807) is 27.7 Å². The fraction of sp³-hybridized carbons (Fsp3) is 0.684. The molecule has 16 nitrogen and oxygen atoms in total. The Morgan fingerprint density at radius 2 is 0.710 bits per heavy atom. The van der Waals surface area contributed by atoms with Crippen molar-refractivity contribution in [2.45, 2.75) is 84.1 Å². The first kappa shape index (κ1) is 60.8. The predicted molar refractivity (Wildman–Crippen MR) is 258 cm³/mol. The molecule has 0 N–H and O–H groups in total. The van der Waals surface area contributed by atoms with Crippen molar-refractivity contribution >= 4 is 106 Å². The van der Waals surface area contributed by atoms with E-state index in [4.69, 9.17) is 53.4 Å². The first-order chi connectivity index (χ1) is 29.2. The molecule has 0 spiro atoms. The summed E-state index contributed by atoms with van der Waals surface area (Å²) < 4.78 is 76.3. The molecule has 0 heterocycles. The van der Waals surface area contributed by atoms with Gasteiger partial charge in [-0.25, -0.2) is 19.2 Å². The number of carbonyl (C=O) groups is 4. The maximum Gasteiger partial charge on any atom is 0.494 e. The first-order valence-electron chi connectivity index (χ1n) is 19.7. The second kappa shape index (κ2) is 33.3. The zero-order valence-corrected chi connectivity index (χ0v) is 45.6. The fourth-order valence-electron chi connectivity index (χ4n) is 4.86. The number of thioether (sulfide) groups is 4. The van der Waals surface area contributed by atoms with Crippen LogP contribution in [0.3, 0.4) is 0 Å². The number of hydrogen-bond donors (Lipinski definition) is 0. The molecule has 0 fully saturated rings. The summed E-state index contributed by atoms with van der Waals surface area (Å²) in [5.74, 6) is -1.42. The highest BCUT2D eigenvalue weighted by Crippen LogP contribution is 2.37. The van der Waals surface area contributed by atoms with Gasteiger partial charge in [-0.1, -0.05) is 26.3 Å². The average Bonchev–Trinajstić information content (AvgIpc) is 3.23.